The van der Waals surface area contributed by atoms with Crippen molar-refractivity contribution in [3.8, 4) is 0 Å². The summed E-state index contributed by atoms with van der Waals surface area (Å²) in [5.41, 5.74) is 4.05. The Morgan fingerprint density at radius 3 is 2.67 bits per heavy atom. The SMILES string of the molecule is C=CCn1c(=O)n([C@@H]2O[C@H](CO)C(O)[C@@H]2O)c2nc(N)[nH]c(=O)c21. The Morgan fingerprint density at radius 1 is 1.38 bits per heavy atom. The average molecular weight is 339 g/mol. The molecule has 1 unspecified atom stereocenters. The van der Waals surface area contributed by atoms with E-state index >= 15 is 0 Å². The fourth-order valence-electron chi connectivity index (χ4n) is 2.82. The Balaban J connectivity index is 2.29. The zero-order chi connectivity index (χ0) is 17.6. The highest BCUT2D eigenvalue weighted by Crippen LogP contribution is 2.30. The number of aromatic nitrogens is 4. The van der Waals surface area contributed by atoms with Gasteiger partial charge in [-0.1, -0.05) is 6.08 Å². The van der Waals surface area contributed by atoms with E-state index in [1.165, 1.54) is 6.08 Å². The Morgan fingerprint density at radius 2 is 2.08 bits per heavy atom. The number of imidazole rings is 1. The first kappa shape index (κ1) is 16.4. The number of nitrogens with two attached hydrogens (primary N) is 1. The van der Waals surface area contributed by atoms with E-state index in [9.17, 15) is 24.9 Å². The number of aliphatic hydroxyl groups is 3. The third-order valence-electron chi connectivity index (χ3n) is 3.91. The molecule has 2 aromatic heterocycles. The van der Waals surface area contributed by atoms with Crippen molar-refractivity contribution in [2.45, 2.75) is 31.1 Å². The molecule has 11 nitrogen and oxygen atoms in total. The smallest absolute Gasteiger partial charge is 0.333 e. The molecule has 3 heterocycles. The van der Waals surface area contributed by atoms with Crippen molar-refractivity contribution in [2.24, 2.45) is 0 Å². The largest absolute Gasteiger partial charge is 0.394 e. The number of rotatable bonds is 4. The number of aliphatic hydroxyl groups excluding tert-OH is 3. The fraction of sp³-hybridized carbons (Fsp3) is 0.462. The number of hydrogen-bond acceptors (Lipinski definition) is 8. The van der Waals surface area contributed by atoms with E-state index in [1.807, 2.05) is 0 Å². The van der Waals surface area contributed by atoms with Gasteiger partial charge in [-0.25, -0.2) is 9.36 Å². The lowest BCUT2D eigenvalue weighted by Crippen LogP contribution is -2.36. The van der Waals surface area contributed by atoms with Crippen LogP contribution in [0, 0.1) is 0 Å². The van der Waals surface area contributed by atoms with E-state index in [2.05, 4.69) is 16.5 Å². The maximum Gasteiger partial charge on any atom is 0.333 e. The standard InChI is InChI=1S/C13H17N5O6/c1-2-3-17-6-9(15-12(14)16-10(6)22)18(13(17)23)11-8(21)7(20)5(4-19)24-11/h2,5,7-8,11,19-21H,1,3-4H2,(H3,14,15,16,22)/t5-,7?,8+,11-/m1/s1. The summed E-state index contributed by atoms with van der Waals surface area (Å²) in [5.74, 6) is -0.219. The number of H-pyrrole nitrogens is 1. The zero-order valence-corrected chi connectivity index (χ0v) is 12.5. The van der Waals surface area contributed by atoms with E-state index in [-0.39, 0.29) is 23.7 Å². The molecule has 2 aromatic rings. The molecule has 130 valence electrons. The van der Waals surface area contributed by atoms with Crippen molar-refractivity contribution in [3.63, 3.8) is 0 Å². The predicted molar refractivity (Wildman–Crippen MR) is 82.2 cm³/mol. The number of aromatic amines is 1. The molecular formula is C13H17N5O6. The van der Waals surface area contributed by atoms with E-state index in [1.54, 1.807) is 0 Å². The molecule has 1 aliphatic rings. The molecule has 11 heteroatoms. The van der Waals surface area contributed by atoms with E-state index in [4.69, 9.17) is 10.5 Å². The Bertz CT molecular complexity index is 899. The van der Waals surface area contributed by atoms with Gasteiger partial charge in [-0.2, -0.15) is 4.98 Å². The normalized spacial score (nSPS) is 27.0. The summed E-state index contributed by atoms with van der Waals surface area (Å²) in [4.78, 5) is 31.1. The van der Waals surface area contributed by atoms with Gasteiger partial charge in [0.2, 0.25) is 5.95 Å². The van der Waals surface area contributed by atoms with Gasteiger partial charge in [-0.3, -0.25) is 14.3 Å². The molecule has 1 aliphatic heterocycles. The number of anilines is 1. The molecule has 0 amide bonds. The lowest BCUT2D eigenvalue weighted by Gasteiger charge is -2.15. The maximum absolute atomic E-state index is 12.7. The molecule has 4 atom stereocenters. The summed E-state index contributed by atoms with van der Waals surface area (Å²) in [6.45, 7) is 3.00. The van der Waals surface area contributed by atoms with Crippen LogP contribution in [0.1, 0.15) is 6.23 Å². The summed E-state index contributed by atoms with van der Waals surface area (Å²) in [6, 6.07) is 0. The molecule has 1 saturated heterocycles. The zero-order valence-electron chi connectivity index (χ0n) is 12.5. The summed E-state index contributed by atoms with van der Waals surface area (Å²) < 4.78 is 7.40. The Labute approximate surface area is 134 Å². The van der Waals surface area contributed by atoms with Crippen molar-refractivity contribution in [1.29, 1.82) is 0 Å². The van der Waals surface area contributed by atoms with Crippen molar-refractivity contribution in [2.75, 3.05) is 12.3 Å². The van der Waals surface area contributed by atoms with Gasteiger partial charge in [0.15, 0.2) is 17.4 Å². The summed E-state index contributed by atoms with van der Waals surface area (Å²) in [6.07, 6.45) is -3.88. The van der Waals surface area contributed by atoms with Crippen molar-refractivity contribution in [1.82, 2.24) is 19.1 Å². The van der Waals surface area contributed by atoms with E-state index in [0.29, 0.717) is 0 Å². The number of hydrogen-bond donors (Lipinski definition) is 5. The van der Waals surface area contributed by atoms with Crippen LogP contribution in [0.15, 0.2) is 22.2 Å². The lowest BCUT2D eigenvalue weighted by atomic mass is 10.1. The fourth-order valence-corrected chi connectivity index (χ4v) is 2.82. The van der Waals surface area contributed by atoms with Crippen LogP contribution in [0.5, 0.6) is 0 Å². The lowest BCUT2D eigenvalue weighted by molar-refractivity contribution is -0.0527. The number of nitrogens with zero attached hydrogens (tertiary/aromatic N) is 3. The molecule has 24 heavy (non-hydrogen) atoms. The van der Waals surface area contributed by atoms with Gasteiger partial charge >= 0.3 is 5.69 Å². The minimum atomic E-state index is -1.50. The first-order chi connectivity index (χ1) is 11.4. The van der Waals surface area contributed by atoms with Crippen LogP contribution < -0.4 is 17.0 Å². The quantitative estimate of drug-likeness (QED) is 0.374. The van der Waals surface area contributed by atoms with Crippen LogP contribution in [-0.4, -0.2) is 59.3 Å². The highest BCUT2D eigenvalue weighted by Gasteiger charge is 2.45. The molecule has 6 N–H and O–H groups in total. The van der Waals surface area contributed by atoms with Crippen LogP contribution in [0.3, 0.4) is 0 Å². The molecular weight excluding hydrogens is 322 g/mol. The van der Waals surface area contributed by atoms with Gasteiger partial charge in [0.1, 0.15) is 18.3 Å². The summed E-state index contributed by atoms with van der Waals surface area (Å²) >= 11 is 0. The highest BCUT2D eigenvalue weighted by atomic mass is 16.6. The van der Waals surface area contributed by atoms with Gasteiger partial charge in [0.05, 0.1) is 6.61 Å². The third kappa shape index (κ3) is 2.26. The van der Waals surface area contributed by atoms with E-state index < -0.39 is 42.4 Å². The number of nitrogens with one attached hydrogen (secondary N) is 1. The van der Waals surface area contributed by atoms with Crippen LogP contribution in [-0.2, 0) is 11.3 Å². The van der Waals surface area contributed by atoms with Gasteiger partial charge < -0.3 is 25.8 Å². The van der Waals surface area contributed by atoms with Gasteiger partial charge in [0.25, 0.3) is 5.56 Å². The van der Waals surface area contributed by atoms with Crippen LogP contribution >= 0.6 is 0 Å². The highest BCUT2D eigenvalue weighted by molar-refractivity contribution is 5.71. The number of fused-ring (bicyclic) bond motifs is 1. The molecule has 0 spiro atoms. The van der Waals surface area contributed by atoms with Gasteiger partial charge in [-0.15, -0.1) is 6.58 Å². The Hall–Kier alpha value is -2.47. The van der Waals surface area contributed by atoms with Gasteiger partial charge in [0, 0.05) is 6.54 Å². The van der Waals surface area contributed by atoms with Gasteiger partial charge in [-0.05, 0) is 0 Å². The van der Waals surface area contributed by atoms with Crippen LogP contribution in [0.2, 0.25) is 0 Å². The predicted octanol–water partition coefficient (Wildman–Crippen LogP) is -2.73. The van der Waals surface area contributed by atoms with E-state index in [0.717, 1.165) is 9.13 Å². The van der Waals surface area contributed by atoms with Crippen molar-refractivity contribution >= 4 is 17.1 Å². The Kier molecular flexibility index (Phi) is 4.01. The van der Waals surface area contributed by atoms with Crippen molar-refractivity contribution < 1.29 is 20.1 Å². The molecule has 0 aromatic carbocycles. The molecule has 0 aliphatic carbocycles. The molecule has 3 rings (SSSR count). The molecule has 0 radical (unpaired) electrons. The summed E-state index contributed by atoms with van der Waals surface area (Å²) in [7, 11) is 0. The van der Waals surface area contributed by atoms with Crippen LogP contribution in [0.4, 0.5) is 5.95 Å². The first-order valence-corrected chi connectivity index (χ1v) is 7.14. The third-order valence-corrected chi connectivity index (χ3v) is 3.91. The minimum Gasteiger partial charge on any atom is -0.394 e. The molecule has 0 saturated carbocycles. The summed E-state index contributed by atoms with van der Waals surface area (Å²) in [5, 5.41) is 29.2. The monoisotopic (exact) mass is 339 g/mol. The number of ether oxygens (including phenoxy) is 1. The average Bonchev–Trinajstić information content (AvgIpc) is 2.96. The number of nitrogen functional groups attached to an aromatic ring is 1. The minimum absolute atomic E-state index is 0.0197. The molecule has 0 bridgehead atoms. The second kappa shape index (κ2) is 5.87. The number of allylic oxidation sites excluding steroid dienone is 1. The molecule has 1 fully saturated rings. The second-order valence-corrected chi connectivity index (χ2v) is 5.40. The maximum atomic E-state index is 12.7. The topological polar surface area (TPSA) is 169 Å². The van der Waals surface area contributed by atoms with Crippen molar-refractivity contribution in [3.05, 3.63) is 33.5 Å². The second-order valence-electron chi connectivity index (χ2n) is 5.40. The van der Waals surface area contributed by atoms with Crippen LogP contribution in [0.25, 0.3) is 11.2 Å². The first-order valence-electron chi connectivity index (χ1n) is 7.14.